The van der Waals surface area contributed by atoms with E-state index in [1.165, 1.54) is 12.8 Å². The molecular weight excluding hydrogens is 62.1 g/mol. The fraction of sp³-hybridized carbons (Fsp3) is 1.00. The van der Waals surface area contributed by atoms with Gasteiger partial charge in [0.25, 0.3) is 0 Å². The maximum atomic E-state index is 4.00. The lowest BCUT2D eigenvalue weighted by atomic mass is 10.7. The van der Waals surface area contributed by atoms with Crippen molar-refractivity contribution in [3.63, 3.8) is 0 Å². The van der Waals surface area contributed by atoms with Crippen LogP contribution in [0.1, 0.15) is 12.8 Å². The molecule has 0 unspecified atom stereocenters. The number of rotatable bonds is 1. The molecule has 5 heavy (non-hydrogen) atoms. The molecule has 0 aromatic carbocycles. The van der Waals surface area contributed by atoms with E-state index in [1.54, 1.807) is 0 Å². The van der Waals surface area contributed by atoms with Crippen molar-refractivity contribution in [3.05, 3.63) is 5.32 Å². The highest BCUT2D eigenvalue weighted by molar-refractivity contribution is 4.97. The van der Waals surface area contributed by atoms with E-state index in [-0.39, 0.29) is 0 Å². The van der Waals surface area contributed by atoms with Gasteiger partial charge in [0, 0.05) is 0 Å². The molecule has 0 aromatic heterocycles. The molecule has 0 aliphatic heterocycles. The molecule has 0 bridgehead atoms. The van der Waals surface area contributed by atoms with Crippen molar-refractivity contribution >= 4 is 0 Å². The first-order valence-electron chi connectivity index (χ1n) is 2.02. The van der Waals surface area contributed by atoms with Crippen LogP contribution in [0.15, 0.2) is 0 Å². The molecule has 1 saturated carbocycles. The largest absolute Gasteiger partial charge is 0.662 e. The average Bonchev–Trinajstić information content (AvgIpc) is 2.12. The topological polar surface area (TPSA) is 14.1 Å². The van der Waals surface area contributed by atoms with Gasteiger partial charge in [0.15, 0.2) is 0 Å². The van der Waals surface area contributed by atoms with Gasteiger partial charge in [0.2, 0.25) is 0 Å². The summed E-state index contributed by atoms with van der Waals surface area (Å²) in [6, 6.07) is 0.759. The van der Waals surface area contributed by atoms with E-state index in [0.717, 1.165) is 6.04 Å². The van der Waals surface area contributed by atoms with E-state index < -0.39 is 0 Å². The van der Waals surface area contributed by atoms with Gasteiger partial charge in [-0.1, -0.05) is 12.8 Å². The second-order valence-corrected chi connectivity index (χ2v) is 1.49. The molecule has 0 aromatic rings. The maximum Gasteiger partial charge on any atom is -0.0709 e. The lowest BCUT2D eigenvalue weighted by molar-refractivity contribution is 1.20. The van der Waals surface area contributed by atoms with Crippen molar-refractivity contribution in [2.75, 3.05) is 7.05 Å². The molecule has 0 saturated heterocycles. The van der Waals surface area contributed by atoms with Gasteiger partial charge < -0.3 is 5.32 Å². The normalized spacial score (nSPS) is 23.4. The van der Waals surface area contributed by atoms with E-state index in [1.807, 2.05) is 7.05 Å². The van der Waals surface area contributed by atoms with Crippen LogP contribution >= 0.6 is 0 Å². The van der Waals surface area contributed by atoms with Gasteiger partial charge in [-0.3, -0.25) is 0 Å². The van der Waals surface area contributed by atoms with Crippen LogP contribution in [0, 0.1) is 0 Å². The van der Waals surface area contributed by atoms with E-state index in [9.17, 15) is 0 Å². The Hall–Kier alpha value is -0.0400. The van der Waals surface area contributed by atoms with E-state index in [4.69, 9.17) is 0 Å². The van der Waals surface area contributed by atoms with E-state index >= 15 is 0 Å². The smallest absolute Gasteiger partial charge is 0.0709 e. The van der Waals surface area contributed by atoms with Gasteiger partial charge in [-0.05, 0) is 0 Å². The molecule has 0 radical (unpaired) electrons. The molecule has 0 N–H and O–H groups in total. The molecular formula is C4H8N-. The molecule has 0 amide bonds. The first kappa shape index (κ1) is 3.16. The summed E-state index contributed by atoms with van der Waals surface area (Å²) in [5, 5.41) is 4.00. The SMILES string of the molecule is C[N-]C1CC1. The summed E-state index contributed by atoms with van der Waals surface area (Å²) >= 11 is 0. The number of hydrogen-bond acceptors (Lipinski definition) is 0. The third-order valence-electron chi connectivity index (χ3n) is 0.912. The van der Waals surface area contributed by atoms with Crippen LogP contribution in [-0.4, -0.2) is 13.1 Å². The Labute approximate surface area is 32.4 Å². The minimum Gasteiger partial charge on any atom is -0.662 e. The van der Waals surface area contributed by atoms with Crippen LogP contribution in [-0.2, 0) is 0 Å². The summed E-state index contributed by atoms with van der Waals surface area (Å²) < 4.78 is 0. The Morgan fingerprint density at radius 2 is 2.20 bits per heavy atom. The minimum atomic E-state index is 0.759. The molecule has 0 heterocycles. The first-order valence-corrected chi connectivity index (χ1v) is 2.02. The Morgan fingerprint density at radius 3 is 2.20 bits per heavy atom. The van der Waals surface area contributed by atoms with Crippen LogP contribution in [0.25, 0.3) is 5.32 Å². The maximum absolute atomic E-state index is 4.00. The van der Waals surface area contributed by atoms with Gasteiger partial charge in [0.05, 0.1) is 0 Å². The van der Waals surface area contributed by atoms with Crippen LogP contribution in [0.4, 0.5) is 0 Å². The van der Waals surface area contributed by atoms with Crippen molar-refractivity contribution < 1.29 is 0 Å². The van der Waals surface area contributed by atoms with Gasteiger partial charge in [0.1, 0.15) is 0 Å². The van der Waals surface area contributed by atoms with Crippen molar-refractivity contribution in [2.24, 2.45) is 0 Å². The van der Waals surface area contributed by atoms with Gasteiger partial charge in [-0.2, -0.15) is 7.05 Å². The Bertz CT molecular complexity index is 30.6. The highest BCUT2D eigenvalue weighted by Crippen LogP contribution is 2.25. The highest BCUT2D eigenvalue weighted by atomic mass is 14.9. The Kier molecular flexibility index (Phi) is 0.618. The average molecular weight is 70.1 g/mol. The van der Waals surface area contributed by atoms with E-state index in [2.05, 4.69) is 5.32 Å². The summed E-state index contributed by atoms with van der Waals surface area (Å²) in [4.78, 5) is 0. The highest BCUT2D eigenvalue weighted by Gasteiger charge is 2.07. The Morgan fingerprint density at radius 1 is 1.60 bits per heavy atom. The molecule has 0 atom stereocenters. The zero-order valence-electron chi connectivity index (χ0n) is 3.44. The fourth-order valence-electron chi connectivity index (χ4n) is 0.333. The first-order chi connectivity index (χ1) is 2.43. The molecule has 1 aliphatic rings. The third-order valence-corrected chi connectivity index (χ3v) is 0.912. The molecule has 1 fully saturated rings. The summed E-state index contributed by atoms with van der Waals surface area (Å²) in [5.74, 6) is 0. The second-order valence-electron chi connectivity index (χ2n) is 1.49. The fourth-order valence-corrected chi connectivity index (χ4v) is 0.333. The quantitative estimate of drug-likeness (QED) is 0.439. The van der Waals surface area contributed by atoms with Crippen molar-refractivity contribution in [1.29, 1.82) is 0 Å². The van der Waals surface area contributed by atoms with Crippen LogP contribution in [0.5, 0.6) is 0 Å². The molecule has 0 spiro atoms. The van der Waals surface area contributed by atoms with Crippen LogP contribution in [0.3, 0.4) is 0 Å². The second kappa shape index (κ2) is 0.977. The molecule has 1 aliphatic carbocycles. The minimum absolute atomic E-state index is 0.759. The number of nitrogens with zero attached hydrogens (tertiary/aromatic N) is 1. The van der Waals surface area contributed by atoms with Crippen LogP contribution < -0.4 is 0 Å². The monoisotopic (exact) mass is 70.1 g/mol. The van der Waals surface area contributed by atoms with Crippen molar-refractivity contribution in [2.45, 2.75) is 18.9 Å². The summed E-state index contributed by atoms with van der Waals surface area (Å²) in [6.45, 7) is 0. The van der Waals surface area contributed by atoms with Crippen molar-refractivity contribution in [3.8, 4) is 0 Å². The van der Waals surface area contributed by atoms with E-state index in [0.29, 0.717) is 0 Å². The molecule has 1 nitrogen and oxygen atoms in total. The summed E-state index contributed by atoms with van der Waals surface area (Å²) in [5.41, 5.74) is 0. The summed E-state index contributed by atoms with van der Waals surface area (Å²) in [7, 11) is 1.89. The molecule has 30 valence electrons. The third kappa shape index (κ3) is 0.618. The van der Waals surface area contributed by atoms with Gasteiger partial charge >= 0.3 is 0 Å². The van der Waals surface area contributed by atoms with Gasteiger partial charge in [-0.15, -0.1) is 6.04 Å². The van der Waals surface area contributed by atoms with Gasteiger partial charge in [-0.25, -0.2) is 0 Å². The molecule has 1 rings (SSSR count). The lowest BCUT2D eigenvalue weighted by Crippen LogP contribution is -1.68. The number of hydrogen-bond donors (Lipinski definition) is 0. The molecule has 1 heteroatoms. The lowest BCUT2D eigenvalue weighted by Gasteiger charge is -2.02. The predicted octanol–water partition coefficient (Wildman–Crippen LogP) is 1.15. The summed E-state index contributed by atoms with van der Waals surface area (Å²) in [6.07, 6.45) is 2.69. The van der Waals surface area contributed by atoms with Crippen molar-refractivity contribution in [1.82, 2.24) is 0 Å². The zero-order valence-corrected chi connectivity index (χ0v) is 3.44. The Balaban J connectivity index is 2.00. The zero-order chi connectivity index (χ0) is 3.70. The predicted molar refractivity (Wildman–Crippen MR) is 22.3 cm³/mol. The standard InChI is InChI=1S/C4H8N/c1-5-4-2-3-4/h4H,2-3H2,1H3/q-1. The van der Waals surface area contributed by atoms with Crippen LogP contribution in [0.2, 0.25) is 0 Å².